The van der Waals surface area contributed by atoms with Gasteiger partial charge in [-0.15, -0.1) is 0 Å². The molecule has 1 rings (SSSR count). The summed E-state index contributed by atoms with van der Waals surface area (Å²) in [5.74, 6) is 0.183. The third kappa shape index (κ3) is 2.99. The molecule has 0 saturated heterocycles. The molecule has 5 heteroatoms. The number of nitrogens with two attached hydrogens (primary N) is 1. The molecule has 0 bridgehead atoms. The molecular weight excluding hydrogens is 265 g/mol. The van der Waals surface area contributed by atoms with Crippen LogP contribution in [0.5, 0.6) is 5.75 Å². The van der Waals surface area contributed by atoms with Crippen LogP contribution in [-0.4, -0.2) is 8.32 Å². The largest absolute Gasteiger partial charge is 0.543 e. The van der Waals surface area contributed by atoms with Gasteiger partial charge in [-0.3, -0.25) is 0 Å². The van der Waals surface area contributed by atoms with Crippen LogP contribution in [0.3, 0.4) is 0 Å². The van der Waals surface area contributed by atoms with Crippen molar-refractivity contribution in [2.75, 3.05) is 5.73 Å². The van der Waals surface area contributed by atoms with E-state index in [1.807, 2.05) is 19.6 Å². The van der Waals surface area contributed by atoms with Gasteiger partial charge in [-0.1, -0.05) is 0 Å². The molecule has 0 spiro atoms. The molecule has 14 heavy (non-hydrogen) atoms. The molecule has 0 saturated carbocycles. The zero-order valence-electron chi connectivity index (χ0n) is 8.40. The van der Waals surface area contributed by atoms with Gasteiger partial charge in [0.2, 0.25) is 8.32 Å². The summed E-state index contributed by atoms with van der Waals surface area (Å²) in [6, 6.07) is 2.84. The number of halogens is 2. The SMILES string of the molecule is C[Si](C)(C)Oc1cc(Br)c(F)cc1N. The Labute approximate surface area is 92.5 Å². The van der Waals surface area contributed by atoms with Crippen LogP contribution in [0.4, 0.5) is 10.1 Å². The lowest BCUT2D eigenvalue weighted by Gasteiger charge is -2.20. The summed E-state index contributed by atoms with van der Waals surface area (Å²) in [6.45, 7) is 6.14. The Morgan fingerprint density at radius 2 is 1.93 bits per heavy atom. The second-order valence-electron chi connectivity index (χ2n) is 4.02. The van der Waals surface area contributed by atoms with E-state index in [9.17, 15) is 4.39 Å². The van der Waals surface area contributed by atoms with Crippen molar-refractivity contribution in [3.05, 3.63) is 22.4 Å². The van der Waals surface area contributed by atoms with Gasteiger partial charge >= 0.3 is 0 Å². The van der Waals surface area contributed by atoms with Crippen molar-refractivity contribution >= 4 is 29.9 Å². The van der Waals surface area contributed by atoms with E-state index in [0.717, 1.165) is 0 Å². The highest BCUT2D eigenvalue weighted by molar-refractivity contribution is 9.10. The number of hydrogen-bond acceptors (Lipinski definition) is 2. The molecule has 0 aliphatic rings. The van der Waals surface area contributed by atoms with E-state index in [1.54, 1.807) is 6.07 Å². The molecular formula is C9H13BrFNOSi. The van der Waals surface area contributed by atoms with Crippen molar-refractivity contribution in [2.45, 2.75) is 19.6 Å². The van der Waals surface area contributed by atoms with Crippen LogP contribution in [0, 0.1) is 5.82 Å². The lowest BCUT2D eigenvalue weighted by Crippen LogP contribution is -2.29. The number of anilines is 1. The van der Waals surface area contributed by atoms with E-state index < -0.39 is 8.32 Å². The molecule has 0 aliphatic carbocycles. The second kappa shape index (κ2) is 3.90. The summed E-state index contributed by atoms with van der Waals surface area (Å²) in [4.78, 5) is 0. The van der Waals surface area contributed by atoms with Crippen LogP contribution in [-0.2, 0) is 0 Å². The van der Waals surface area contributed by atoms with Crippen molar-refractivity contribution in [3.8, 4) is 5.75 Å². The molecule has 0 aromatic heterocycles. The quantitative estimate of drug-likeness (QED) is 0.665. The summed E-state index contributed by atoms with van der Waals surface area (Å²) in [7, 11) is -1.69. The molecule has 0 heterocycles. The van der Waals surface area contributed by atoms with E-state index in [0.29, 0.717) is 15.9 Å². The fraction of sp³-hybridized carbons (Fsp3) is 0.333. The van der Waals surface area contributed by atoms with Crippen molar-refractivity contribution < 1.29 is 8.82 Å². The van der Waals surface area contributed by atoms with Gasteiger partial charge in [-0.2, -0.15) is 0 Å². The topological polar surface area (TPSA) is 35.2 Å². The standard InChI is InChI=1S/C9H13BrFNOSi/c1-14(2,3)13-9-4-6(10)7(11)5-8(9)12/h4-5H,12H2,1-3H3. The van der Waals surface area contributed by atoms with Crippen molar-refractivity contribution in [2.24, 2.45) is 0 Å². The molecule has 78 valence electrons. The third-order valence-corrected chi connectivity index (χ3v) is 2.91. The van der Waals surface area contributed by atoms with E-state index in [-0.39, 0.29) is 5.82 Å². The van der Waals surface area contributed by atoms with Crippen molar-refractivity contribution in [1.82, 2.24) is 0 Å². The molecule has 2 nitrogen and oxygen atoms in total. The molecule has 0 radical (unpaired) electrons. The van der Waals surface area contributed by atoms with Gasteiger partial charge in [-0.05, 0) is 41.6 Å². The normalized spacial score (nSPS) is 11.5. The predicted octanol–water partition coefficient (Wildman–Crippen LogP) is 3.38. The zero-order chi connectivity index (χ0) is 10.9. The maximum Gasteiger partial charge on any atom is 0.242 e. The summed E-state index contributed by atoms with van der Waals surface area (Å²) in [6.07, 6.45) is 0. The van der Waals surface area contributed by atoms with E-state index >= 15 is 0 Å². The van der Waals surface area contributed by atoms with Crippen LogP contribution in [0.15, 0.2) is 16.6 Å². The molecule has 0 fully saturated rings. The highest BCUT2D eigenvalue weighted by Crippen LogP contribution is 2.30. The van der Waals surface area contributed by atoms with Gasteiger partial charge in [0.05, 0.1) is 10.2 Å². The molecule has 2 N–H and O–H groups in total. The Morgan fingerprint density at radius 1 is 1.36 bits per heavy atom. The molecule has 0 aliphatic heterocycles. The first-order valence-electron chi connectivity index (χ1n) is 4.23. The number of nitrogen functional groups attached to an aromatic ring is 1. The number of benzene rings is 1. The summed E-state index contributed by atoms with van der Waals surface area (Å²) in [5, 5.41) is 0. The van der Waals surface area contributed by atoms with Crippen LogP contribution in [0.1, 0.15) is 0 Å². The van der Waals surface area contributed by atoms with Crippen molar-refractivity contribution in [1.29, 1.82) is 0 Å². The minimum atomic E-state index is -1.69. The van der Waals surface area contributed by atoms with Gasteiger partial charge in [-0.25, -0.2) is 4.39 Å². The van der Waals surface area contributed by atoms with E-state index in [2.05, 4.69) is 15.9 Å². The zero-order valence-corrected chi connectivity index (χ0v) is 11.0. The smallest absolute Gasteiger partial charge is 0.242 e. The summed E-state index contributed by atoms with van der Waals surface area (Å²) < 4.78 is 19.1. The Kier molecular flexibility index (Phi) is 3.21. The minimum absolute atomic E-state index is 0.341. The van der Waals surface area contributed by atoms with E-state index in [1.165, 1.54) is 6.07 Å². The average molecular weight is 278 g/mol. The first-order valence-corrected chi connectivity index (χ1v) is 8.43. The lowest BCUT2D eigenvalue weighted by molar-refractivity contribution is 0.554. The molecule has 1 aromatic rings. The highest BCUT2D eigenvalue weighted by Gasteiger charge is 2.18. The number of hydrogen-bond donors (Lipinski definition) is 1. The monoisotopic (exact) mass is 277 g/mol. The van der Waals surface area contributed by atoms with Gasteiger partial charge in [0.1, 0.15) is 11.6 Å². The Morgan fingerprint density at radius 3 is 2.43 bits per heavy atom. The fourth-order valence-corrected chi connectivity index (χ4v) is 2.12. The first-order chi connectivity index (χ1) is 6.29. The fourth-order valence-electron chi connectivity index (χ4n) is 0.962. The molecule has 0 unspecified atom stereocenters. The molecule has 1 aromatic carbocycles. The van der Waals surface area contributed by atoms with Gasteiger partial charge in [0.15, 0.2) is 0 Å². The van der Waals surface area contributed by atoms with Crippen molar-refractivity contribution in [3.63, 3.8) is 0 Å². The van der Waals surface area contributed by atoms with Crippen LogP contribution < -0.4 is 10.2 Å². The Hall–Kier alpha value is -0.553. The van der Waals surface area contributed by atoms with Crippen LogP contribution in [0.2, 0.25) is 19.6 Å². The minimum Gasteiger partial charge on any atom is -0.543 e. The van der Waals surface area contributed by atoms with Gasteiger partial charge < -0.3 is 10.2 Å². The summed E-state index contributed by atoms with van der Waals surface area (Å²) >= 11 is 3.09. The Balaban J connectivity index is 3.04. The maximum atomic E-state index is 13.0. The van der Waals surface area contributed by atoms with Crippen LogP contribution in [0.25, 0.3) is 0 Å². The van der Waals surface area contributed by atoms with Gasteiger partial charge in [0.25, 0.3) is 0 Å². The lowest BCUT2D eigenvalue weighted by atomic mass is 10.3. The Bertz CT molecular complexity index is 351. The maximum absolute atomic E-state index is 13.0. The summed E-state index contributed by atoms with van der Waals surface area (Å²) in [5.41, 5.74) is 5.97. The molecule has 0 atom stereocenters. The number of rotatable bonds is 2. The predicted molar refractivity (Wildman–Crippen MR) is 62.5 cm³/mol. The third-order valence-electron chi connectivity index (χ3n) is 1.47. The van der Waals surface area contributed by atoms with E-state index in [4.69, 9.17) is 10.2 Å². The van der Waals surface area contributed by atoms with Gasteiger partial charge in [0, 0.05) is 6.07 Å². The first kappa shape index (κ1) is 11.5. The molecule has 0 amide bonds. The average Bonchev–Trinajstić information content (AvgIpc) is 1.97. The second-order valence-corrected chi connectivity index (χ2v) is 9.30. The highest BCUT2D eigenvalue weighted by atomic mass is 79.9. The van der Waals surface area contributed by atoms with Crippen LogP contribution >= 0.6 is 15.9 Å².